The monoisotopic (exact) mass is 292 g/mol. The van der Waals surface area contributed by atoms with Crippen molar-refractivity contribution < 1.29 is 22.5 Å². The quantitative estimate of drug-likeness (QED) is 0.844. The zero-order valence-electron chi connectivity index (χ0n) is 10.7. The highest BCUT2D eigenvalue weighted by atomic mass is 32.2. The molecule has 0 aliphatic rings. The molecular formula is C11H14F2N2O3S. The van der Waals surface area contributed by atoms with Gasteiger partial charge in [0.25, 0.3) is 5.91 Å². The first kappa shape index (κ1) is 15.5. The van der Waals surface area contributed by atoms with E-state index in [1.165, 1.54) is 24.7 Å². The van der Waals surface area contributed by atoms with Gasteiger partial charge in [-0.1, -0.05) is 0 Å². The number of rotatable bonds is 4. The molecule has 1 amide bonds. The lowest BCUT2D eigenvalue weighted by Crippen LogP contribution is -2.23. The number of benzene rings is 1. The van der Waals surface area contributed by atoms with Crippen molar-refractivity contribution >= 4 is 15.8 Å². The Labute approximate surface area is 110 Å². The van der Waals surface area contributed by atoms with Crippen molar-refractivity contribution in [1.29, 1.82) is 0 Å². The molecule has 8 heteroatoms. The van der Waals surface area contributed by atoms with Crippen LogP contribution >= 0.6 is 0 Å². The van der Waals surface area contributed by atoms with Gasteiger partial charge in [0, 0.05) is 38.6 Å². The molecule has 0 N–H and O–H groups in total. The predicted octanol–water partition coefficient (Wildman–Crippen LogP) is 1.44. The second-order valence-corrected chi connectivity index (χ2v) is 6.39. The van der Waals surface area contributed by atoms with Crippen LogP contribution in [-0.4, -0.2) is 41.4 Å². The Balaban J connectivity index is 2.73. The molecule has 1 atom stereocenters. The molecule has 1 rings (SSSR count). The van der Waals surface area contributed by atoms with Crippen LogP contribution in [0.1, 0.15) is 0 Å². The van der Waals surface area contributed by atoms with Crippen molar-refractivity contribution in [3.8, 4) is 5.75 Å². The van der Waals surface area contributed by atoms with Gasteiger partial charge in [0.1, 0.15) is 27.3 Å². The van der Waals surface area contributed by atoms with Crippen molar-refractivity contribution in [2.24, 2.45) is 4.36 Å². The van der Waals surface area contributed by atoms with Crippen molar-refractivity contribution in [3.63, 3.8) is 0 Å². The Bertz CT molecular complexity index is 575. The van der Waals surface area contributed by atoms with Gasteiger partial charge in [0.2, 0.25) is 0 Å². The summed E-state index contributed by atoms with van der Waals surface area (Å²) in [6, 6.07) is 2.56. The molecule has 0 aromatic heterocycles. The summed E-state index contributed by atoms with van der Waals surface area (Å²) in [6.07, 6.45) is 1.30. The molecule has 0 bridgehead atoms. The van der Waals surface area contributed by atoms with Crippen LogP contribution < -0.4 is 4.74 Å². The Kier molecular flexibility index (Phi) is 4.96. The van der Waals surface area contributed by atoms with E-state index in [9.17, 15) is 17.8 Å². The van der Waals surface area contributed by atoms with Crippen LogP contribution in [0.2, 0.25) is 0 Å². The van der Waals surface area contributed by atoms with Crippen molar-refractivity contribution in [3.05, 3.63) is 29.8 Å². The van der Waals surface area contributed by atoms with Crippen LogP contribution in [0.25, 0.3) is 0 Å². The van der Waals surface area contributed by atoms with E-state index in [1.54, 1.807) is 0 Å². The van der Waals surface area contributed by atoms with Gasteiger partial charge < -0.3 is 4.74 Å². The van der Waals surface area contributed by atoms with Crippen LogP contribution in [0.4, 0.5) is 8.78 Å². The molecule has 5 nitrogen and oxygen atoms in total. The molecule has 0 aliphatic heterocycles. The third kappa shape index (κ3) is 4.92. The summed E-state index contributed by atoms with van der Waals surface area (Å²) in [5.41, 5.74) is 0. The second kappa shape index (κ2) is 6.07. The second-order valence-electron chi connectivity index (χ2n) is 3.95. The molecule has 0 heterocycles. The van der Waals surface area contributed by atoms with E-state index in [1.807, 2.05) is 0 Å². The van der Waals surface area contributed by atoms with Gasteiger partial charge in [0.05, 0.1) is 0 Å². The minimum absolute atomic E-state index is 0.131. The summed E-state index contributed by atoms with van der Waals surface area (Å²) in [4.78, 5) is 11.4. The number of carbonyl (C=O) groups excluding carboxylic acids is 1. The van der Waals surface area contributed by atoms with Crippen LogP contribution in [0.15, 0.2) is 22.6 Å². The maximum absolute atomic E-state index is 12.8. The van der Waals surface area contributed by atoms with E-state index in [0.717, 1.165) is 12.1 Å². The molecule has 1 aromatic carbocycles. The number of ether oxygens (including phenoxy) is 1. The predicted molar refractivity (Wildman–Crippen MR) is 67.0 cm³/mol. The number of hydrogen-bond acceptors (Lipinski definition) is 3. The van der Waals surface area contributed by atoms with E-state index in [4.69, 9.17) is 4.74 Å². The Morgan fingerprint density at radius 2 is 1.84 bits per heavy atom. The van der Waals surface area contributed by atoms with Crippen LogP contribution in [0.5, 0.6) is 5.75 Å². The average molecular weight is 292 g/mol. The van der Waals surface area contributed by atoms with Gasteiger partial charge in [-0.15, -0.1) is 4.36 Å². The number of hydrogen-bond donors (Lipinski definition) is 0. The van der Waals surface area contributed by atoms with E-state index >= 15 is 0 Å². The Morgan fingerprint density at radius 1 is 1.32 bits per heavy atom. The topological polar surface area (TPSA) is 59.0 Å². The van der Waals surface area contributed by atoms with E-state index in [0.29, 0.717) is 6.07 Å². The molecule has 106 valence electrons. The van der Waals surface area contributed by atoms with Gasteiger partial charge in [0.15, 0.2) is 6.61 Å². The highest BCUT2D eigenvalue weighted by Gasteiger charge is 2.10. The minimum atomic E-state index is -2.79. The van der Waals surface area contributed by atoms with Crippen LogP contribution in [-0.2, 0) is 14.7 Å². The van der Waals surface area contributed by atoms with Gasteiger partial charge in [-0.25, -0.2) is 17.3 Å². The van der Waals surface area contributed by atoms with Crippen molar-refractivity contribution in [1.82, 2.24) is 4.31 Å². The fraction of sp³-hybridized carbons (Fsp3) is 0.364. The first-order valence-corrected chi connectivity index (χ1v) is 7.10. The maximum atomic E-state index is 12.8. The number of nitrogens with zero attached hydrogens (tertiary/aromatic N) is 2. The van der Waals surface area contributed by atoms with Gasteiger partial charge in [-0.2, -0.15) is 0 Å². The summed E-state index contributed by atoms with van der Waals surface area (Å²) in [5.74, 6) is -2.53. The molecule has 0 saturated carbocycles. The molecule has 0 aliphatic carbocycles. The lowest BCUT2D eigenvalue weighted by molar-refractivity contribution is -0.119. The number of amides is 1. The number of carbonyl (C=O) groups is 1. The summed E-state index contributed by atoms with van der Waals surface area (Å²) >= 11 is 0. The molecule has 0 fully saturated rings. The molecular weight excluding hydrogens is 278 g/mol. The van der Waals surface area contributed by atoms with Gasteiger partial charge >= 0.3 is 0 Å². The number of halogens is 2. The SMILES string of the molecule is CN(C)[S@](C)(=O)=NC(=O)COc1cc(F)cc(F)c1. The van der Waals surface area contributed by atoms with Gasteiger partial charge in [-0.05, 0) is 0 Å². The van der Waals surface area contributed by atoms with Gasteiger partial charge in [-0.3, -0.25) is 4.79 Å². The largest absolute Gasteiger partial charge is 0.483 e. The highest BCUT2D eigenvalue weighted by molar-refractivity contribution is 7.90. The third-order valence-electron chi connectivity index (χ3n) is 2.15. The normalized spacial score (nSPS) is 14.0. The fourth-order valence-corrected chi connectivity index (χ4v) is 1.65. The smallest absolute Gasteiger partial charge is 0.292 e. The Hall–Kier alpha value is -1.54. The van der Waals surface area contributed by atoms with Crippen molar-refractivity contribution in [2.45, 2.75) is 0 Å². The zero-order chi connectivity index (χ0) is 14.6. The zero-order valence-corrected chi connectivity index (χ0v) is 11.5. The standard InChI is InChI=1S/C11H14F2N2O3S/c1-15(2)19(3,17)14-11(16)7-18-10-5-8(12)4-9(13)6-10/h4-6H,7H2,1-3H3/t19-/m1/s1. The summed E-state index contributed by atoms with van der Waals surface area (Å²) in [7, 11) is 0.244. The highest BCUT2D eigenvalue weighted by Crippen LogP contribution is 2.15. The lowest BCUT2D eigenvalue weighted by Gasteiger charge is -2.11. The molecule has 0 spiro atoms. The van der Waals surface area contributed by atoms with Crippen LogP contribution in [0, 0.1) is 11.6 Å². The Morgan fingerprint density at radius 3 is 2.32 bits per heavy atom. The minimum Gasteiger partial charge on any atom is -0.483 e. The lowest BCUT2D eigenvalue weighted by atomic mass is 10.3. The molecule has 0 radical (unpaired) electrons. The first-order valence-electron chi connectivity index (χ1n) is 5.22. The van der Waals surface area contributed by atoms with E-state index in [2.05, 4.69) is 4.36 Å². The third-order valence-corrected chi connectivity index (χ3v) is 4.04. The first-order chi connectivity index (χ1) is 8.70. The van der Waals surface area contributed by atoms with E-state index in [-0.39, 0.29) is 5.75 Å². The summed E-state index contributed by atoms with van der Waals surface area (Å²) in [5, 5.41) is 0. The average Bonchev–Trinajstić information content (AvgIpc) is 2.24. The summed E-state index contributed by atoms with van der Waals surface area (Å²) < 4.78 is 47.1. The molecule has 1 aromatic rings. The maximum Gasteiger partial charge on any atom is 0.292 e. The molecule has 0 unspecified atom stereocenters. The molecule has 19 heavy (non-hydrogen) atoms. The molecule has 0 saturated heterocycles. The summed E-state index contributed by atoms with van der Waals surface area (Å²) in [6.45, 7) is -0.540. The fourth-order valence-electron chi connectivity index (χ4n) is 1.05. The van der Waals surface area contributed by atoms with Crippen molar-refractivity contribution in [2.75, 3.05) is 27.0 Å². The van der Waals surface area contributed by atoms with E-state index < -0.39 is 34.1 Å². The van der Waals surface area contributed by atoms with Crippen LogP contribution in [0.3, 0.4) is 0 Å².